The predicted octanol–water partition coefficient (Wildman–Crippen LogP) is 2.40. The van der Waals surface area contributed by atoms with E-state index in [0.29, 0.717) is 35.7 Å². The molecule has 6 atom stereocenters. The normalized spacial score (nSPS) is 54.7. The summed E-state index contributed by atoms with van der Waals surface area (Å²) in [6.07, 6.45) is 4.71. The van der Waals surface area contributed by atoms with Gasteiger partial charge in [0.25, 0.3) is 0 Å². The first-order valence-electron chi connectivity index (χ1n) is 7.23. The van der Waals surface area contributed by atoms with E-state index < -0.39 is 14.6 Å². The molecule has 0 aromatic carbocycles. The van der Waals surface area contributed by atoms with Gasteiger partial charge in [0.1, 0.15) is 0 Å². The third-order valence-corrected chi connectivity index (χ3v) is 8.48. The van der Waals surface area contributed by atoms with Gasteiger partial charge in [-0.1, -0.05) is 6.92 Å². The topological polar surface area (TPSA) is 46.7 Å². The quantitative estimate of drug-likeness (QED) is 0.725. The lowest BCUT2D eigenvalue weighted by molar-refractivity contribution is 0.295. The summed E-state index contributed by atoms with van der Waals surface area (Å²) in [5, 5.41) is 0. The maximum Gasteiger partial charge on any atom is 0.156 e. The zero-order chi connectivity index (χ0) is 13.1. The van der Waals surface area contributed by atoms with E-state index in [0.717, 1.165) is 25.7 Å². The van der Waals surface area contributed by atoms with Crippen LogP contribution in [-0.4, -0.2) is 31.1 Å². The highest BCUT2D eigenvalue weighted by Crippen LogP contribution is 2.53. The molecule has 1 saturated carbocycles. The van der Waals surface area contributed by atoms with Crippen molar-refractivity contribution in [1.82, 2.24) is 0 Å². The van der Waals surface area contributed by atoms with Crippen LogP contribution in [0.3, 0.4) is 0 Å². The Labute approximate surface area is 110 Å². The second-order valence-corrected chi connectivity index (χ2v) is 9.43. The molecule has 0 spiro atoms. The molecule has 1 aliphatic carbocycles. The predicted molar refractivity (Wildman–Crippen MR) is 71.1 cm³/mol. The second-order valence-electron chi connectivity index (χ2n) is 6.86. The summed E-state index contributed by atoms with van der Waals surface area (Å²) in [5.74, 6) is 1.84. The van der Waals surface area contributed by atoms with E-state index in [9.17, 15) is 8.42 Å². The molecule has 18 heavy (non-hydrogen) atoms. The Bertz CT molecular complexity index is 444. The summed E-state index contributed by atoms with van der Waals surface area (Å²) >= 11 is 0. The summed E-state index contributed by atoms with van der Waals surface area (Å²) in [6.45, 7) is 6.35. The molecule has 0 amide bonds. The van der Waals surface area contributed by atoms with Crippen LogP contribution in [0.25, 0.3) is 0 Å². The summed E-state index contributed by atoms with van der Waals surface area (Å²) < 4.78 is 29.8. The molecule has 2 saturated heterocycles. The molecule has 0 bridgehead atoms. The van der Waals surface area contributed by atoms with Gasteiger partial charge in [-0.05, 0) is 57.3 Å². The van der Waals surface area contributed by atoms with Gasteiger partial charge in [0.15, 0.2) is 9.84 Å². The van der Waals surface area contributed by atoms with Gasteiger partial charge >= 0.3 is 0 Å². The Morgan fingerprint density at radius 1 is 1.22 bits per heavy atom. The zero-order valence-electron chi connectivity index (χ0n) is 11.6. The monoisotopic (exact) mass is 272 g/mol. The maximum absolute atomic E-state index is 12.3. The third-order valence-electron chi connectivity index (χ3n) is 5.72. The van der Waals surface area contributed by atoms with Gasteiger partial charge < -0.3 is 4.74 Å². The fourth-order valence-corrected chi connectivity index (χ4v) is 6.77. The van der Waals surface area contributed by atoms with Crippen molar-refractivity contribution in [3.8, 4) is 0 Å². The van der Waals surface area contributed by atoms with Crippen molar-refractivity contribution in [1.29, 1.82) is 0 Å². The van der Waals surface area contributed by atoms with Crippen molar-refractivity contribution < 1.29 is 13.2 Å². The van der Waals surface area contributed by atoms with Crippen LogP contribution >= 0.6 is 0 Å². The van der Waals surface area contributed by atoms with Crippen LogP contribution in [0.5, 0.6) is 0 Å². The molecule has 0 aromatic heterocycles. The van der Waals surface area contributed by atoms with Crippen LogP contribution in [0.15, 0.2) is 0 Å². The van der Waals surface area contributed by atoms with Crippen molar-refractivity contribution >= 4 is 9.84 Å². The lowest BCUT2D eigenvalue weighted by Gasteiger charge is -2.33. The first kappa shape index (κ1) is 12.9. The highest BCUT2D eigenvalue weighted by molar-refractivity contribution is 7.93. The second kappa shape index (κ2) is 3.95. The number of rotatable bonds is 2. The molecule has 0 N–H and O–H groups in total. The van der Waals surface area contributed by atoms with E-state index in [1.165, 1.54) is 0 Å². The van der Waals surface area contributed by atoms with Gasteiger partial charge in [0.2, 0.25) is 0 Å². The van der Waals surface area contributed by atoms with Crippen molar-refractivity contribution in [2.24, 2.45) is 17.8 Å². The molecule has 3 rings (SSSR count). The van der Waals surface area contributed by atoms with Crippen molar-refractivity contribution in [3.63, 3.8) is 0 Å². The molecule has 6 unspecified atom stereocenters. The van der Waals surface area contributed by atoms with E-state index in [1.54, 1.807) is 0 Å². The minimum atomic E-state index is -2.89. The Morgan fingerprint density at radius 2 is 1.89 bits per heavy atom. The highest BCUT2D eigenvalue weighted by atomic mass is 32.2. The van der Waals surface area contributed by atoms with Crippen molar-refractivity contribution in [2.45, 2.75) is 63.4 Å². The molecular formula is C14H24O3S. The molecule has 3 nitrogen and oxygen atoms in total. The fourth-order valence-electron chi connectivity index (χ4n) is 4.53. The zero-order valence-corrected chi connectivity index (χ0v) is 12.4. The van der Waals surface area contributed by atoms with Gasteiger partial charge in [-0.25, -0.2) is 8.42 Å². The molecule has 104 valence electrons. The number of hydrogen-bond donors (Lipinski definition) is 0. The van der Waals surface area contributed by atoms with Crippen molar-refractivity contribution in [3.05, 3.63) is 0 Å². The summed E-state index contributed by atoms with van der Waals surface area (Å²) in [7, 11) is -2.89. The average molecular weight is 272 g/mol. The lowest BCUT2D eigenvalue weighted by Crippen LogP contribution is -2.40. The van der Waals surface area contributed by atoms with Crippen LogP contribution in [0.4, 0.5) is 0 Å². The van der Waals surface area contributed by atoms with E-state index in [1.807, 2.05) is 6.92 Å². The molecule has 0 radical (unpaired) electrons. The first-order valence-corrected chi connectivity index (χ1v) is 8.88. The van der Waals surface area contributed by atoms with E-state index >= 15 is 0 Å². The van der Waals surface area contributed by atoms with E-state index in [4.69, 9.17) is 4.74 Å². The van der Waals surface area contributed by atoms with Gasteiger partial charge in [0.05, 0.1) is 22.7 Å². The van der Waals surface area contributed by atoms with Crippen LogP contribution < -0.4 is 0 Å². The number of sulfone groups is 1. The molecule has 2 aliphatic heterocycles. The third kappa shape index (κ3) is 1.75. The SMILES string of the molecule is CC1CC(C2OC2C)CC1C1(C)CCCS1(=O)=O. The minimum absolute atomic E-state index is 0.339. The summed E-state index contributed by atoms with van der Waals surface area (Å²) in [5.41, 5.74) is 0. The number of epoxide rings is 1. The summed E-state index contributed by atoms with van der Waals surface area (Å²) in [6, 6.07) is 0. The Hall–Kier alpha value is -0.0900. The van der Waals surface area contributed by atoms with Crippen LogP contribution in [0.1, 0.15) is 46.5 Å². The fraction of sp³-hybridized carbons (Fsp3) is 1.00. The van der Waals surface area contributed by atoms with Crippen molar-refractivity contribution in [2.75, 3.05) is 5.75 Å². The maximum atomic E-state index is 12.3. The number of hydrogen-bond acceptors (Lipinski definition) is 3. The van der Waals surface area contributed by atoms with Gasteiger partial charge in [-0.15, -0.1) is 0 Å². The molecule has 3 fully saturated rings. The van der Waals surface area contributed by atoms with Crippen LogP contribution in [0.2, 0.25) is 0 Å². The van der Waals surface area contributed by atoms with Crippen LogP contribution in [0, 0.1) is 17.8 Å². The lowest BCUT2D eigenvalue weighted by atomic mass is 9.82. The van der Waals surface area contributed by atoms with Crippen LogP contribution in [-0.2, 0) is 14.6 Å². The average Bonchev–Trinajstić information content (AvgIpc) is 2.76. The standard InChI is InChI=1S/C14H24O3S/c1-9-7-11(13-10(2)17-13)8-12(9)14(3)5-4-6-18(14,15)16/h9-13H,4-8H2,1-3H3. The molecule has 0 aromatic rings. The Morgan fingerprint density at radius 3 is 2.39 bits per heavy atom. The van der Waals surface area contributed by atoms with Gasteiger partial charge in [0, 0.05) is 0 Å². The molecule has 4 heteroatoms. The summed E-state index contributed by atoms with van der Waals surface area (Å²) in [4.78, 5) is 0. The smallest absolute Gasteiger partial charge is 0.156 e. The van der Waals surface area contributed by atoms with Gasteiger partial charge in [-0.2, -0.15) is 0 Å². The molecule has 3 aliphatic rings. The van der Waals surface area contributed by atoms with E-state index in [2.05, 4.69) is 13.8 Å². The number of ether oxygens (including phenoxy) is 1. The minimum Gasteiger partial charge on any atom is -0.370 e. The highest BCUT2D eigenvalue weighted by Gasteiger charge is 2.56. The first-order chi connectivity index (χ1) is 8.35. The van der Waals surface area contributed by atoms with Gasteiger partial charge in [-0.3, -0.25) is 0 Å². The Kier molecular flexibility index (Phi) is 2.84. The molecular weight excluding hydrogens is 248 g/mol. The van der Waals surface area contributed by atoms with E-state index in [-0.39, 0.29) is 0 Å². The Balaban J connectivity index is 1.80. The molecule has 2 heterocycles. The largest absolute Gasteiger partial charge is 0.370 e.